The zero-order valence-electron chi connectivity index (χ0n) is 56.5. The van der Waals surface area contributed by atoms with Crippen molar-refractivity contribution in [3.8, 4) is 0 Å². The van der Waals surface area contributed by atoms with Crippen molar-refractivity contribution in [3.63, 3.8) is 0 Å². The summed E-state index contributed by atoms with van der Waals surface area (Å²) in [5.74, 6) is -1.00. The molecule has 0 aromatic carbocycles. The summed E-state index contributed by atoms with van der Waals surface area (Å²) in [6.45, 7) is 35.3. The van der Waals surface area contributed by atoms with Gasteiger partial charge in [0.25, 0.3) is 0 Å². The number of allylic oxidation sites excluding steroid dienone is 19. The highest BCUT2D eigenvalue weighted by Crippen LogP contribution is 2.42. The zero-order valence-corrected chi connectivity index (χ0v) is 56.5. The second-order valence-corrected chi connectivity index (χ2v) is 24.0. The Bertz CT molecular complexity index is 2250. The summed E-state index contributed by atoms with van der Waals surface area (Å²) in [6, 6.07) is 0. The first-order valence-electron chi connectivity index (χ1n) is 32.7. The van der Waals surface area contributed by atoms with E-state index < -0.39 is 5.92 Å². The predicted octanol–water partition coefficient (Wildman–Crippen LogP) is 12.6. The van der Waals surface area contributed by atoms with Crippen LogP contribution in [0.2, 0.25) is 0 Å². The standard InChI is InChI=1S/C72H118N2O14/c1-12-34-78-36-38-80-40-42-82-44-46-84-48-50-86-52-54-88-55-53-87-51-49-85-47-45-83-43-41-81-39-37-79-35-33-74-70(77)65(58-66(75)56-61(4)21-15-19-59(2)26-28-67-63(6)23-17-30-71(67,8)9)25-13-14-32-73-69(76)57-62(5)22-16-20-60(3)27-29-68-64(7)24-18-31-72(68,10)11/h15-16,19-22,26-29,56-57,65H,12-14,17-18,23-25,30-55,58H2,1-11H3,(H,73,76)(H,74,77)/b21-15+,22-16+,28-26+,29-27+,59-19+,60-20+,61-56+,62-57+/t65-/m0/s1. The van der Waals surface area contributed by atoms with E-state index in [1.807, 2.05) is 44.2 Å². The lowest BCUT2D eigenvalue weighted by Gasteiger charge is -2.33. The van der Waals surface area contributed by atoms with Crippen molar-refractivity contribution in [2.45, 2.75) is 147 Å². The van der Waals surface area contributed by atoms with E-state index in [0.29, 0.717) is 171 Å². The molecule has 2 amide bonds. The van der Waals surface area contributed by atoms with E-state index in [9.17, 15) is 14.4 Å². The summed E-state index contributed by atoms with van der Waals surface area (Å²) in [7, 11) is 0. The fourth-order valence-corrected chi connectivity index (χ4v) is 10.1. The molecule has 2 aliphatic carbocycles. The van der Waals surface area contributed by atoms with Gasteiger partial charge in [0.1, 0.15) is 0 Å². The number of amides is 2. The molecule has 2 rings (SSSR count). The molecule has 0 bridgehead atoms. The Morgan fingerprint density at radius 3 is 1.19 bits per heavy atom. The molecule has 88 heavy (non-hydrogen) atoms. The number of carbonyl (C=O) groups excluding carboxylic acids is 3. The normalized spacial score (nSPS) is 16.6. The molecule has 0 unspecified atom stereocenters. The molecule has 0 aliphatic heterocycles. The van der Waals surface area contributed by atoms with Crippen LogP contribution < -0.4 is 10.6 Å². The van der Waals surface area contributed by atoms with Crippen molar-refractivity contribution >= 4 is 17.6 Å². The minimum atomic E-state index is -0.531. The van der Waals surface area contributed by atoms with Gasteiger partial charge >= 0.3 is 0 Å². The van der Waals surface area contributed by atoms with Gasteiger partial charge in [-0.25, -0.2) is 0 Å². The Kier molecular flexibility index (Phi) is 46.4. The topological polar surface area (TPSA) is 177 Å². The summed E-state index contributed by atoms with van der Waals surface area (Å²) < 4.78 is 60.9. The van der Waals surface area contributed by atoms with Gasteiger partial charge in [-0.05, 0) is 139 Å². The quantitative estimate of drug-likeness (QED) is 0.0334. The summed E-state index contributed by atoms with van der Waals surface area (Å²) in [5, 5.41) is 5.96. The SMILES string of the molecule is CCCOCCOCCOCCOCCOCCOCCOCCOCCOCCOCCOCCNC(=O)[C@@H](CCCCNC(=O)/C=C(C)/C=C/C=C(C)/C=C/C1=C(C)CCCC1(C)C)CC(=O)/C=C(C)/C=C/C=C(C)/C=C/C1=C(C)CCCC1(C)C. The highest BCUT2D eigenvalue weighted by Gasteiger charge is 2.28. The molecular weight excluding hydrogens is 1120 g/mol. The van der Waals surface area contributed by atoms with Gasteiger partial charge in [-0.1, -0.05) is 124 Å². The molecule has 0 heterocycles. The Morgan fingerprint density at radius 2 is 0.818 bits per heavy atom. The van der Waals surface area contributed by atoms with Crippen molar-refractivity contribution in [2.75, 3.05) is 158 Å². The van der Waals surface area contributed by atoms with Crippen LogP contribution in [0.25, 0.3) is 0 Å². The fraction of sp³-hybridized carbons (Fsp3) is 0.681. The largest absolute Gasteiger partial charge is 0.379 e. The molecule has 0 fully saturated rings. The highest BCUT2D eigenvalue weighted by atomic mass is 16.6. The van der Waals surface area contributed by atoms with Gasteiger partial charge in [-0.2, -0.15) is 0 Å². The molecule has 500 valence electrons. The van der Waals surface area contributed by atoms with Gasteiger partial charge in [0.05, 0.1) is 139 Å². The number of carbonyl (C=O) groups is 3. The van der Waals surface area contributed by atoms with Crippen molar-refractivity contribution in [3.05, 3.63) is 117 Å². The van der Waals surface area contributed by atoms with Gasteiger partial charge in [0.2, 0.25) is 11.8 Å². The van der Waals surface area contributed by atoms with E-state index in [-0.39, 0.29) is 34.8 Å². The van der Waals surface area contributed by atoms with Crippen LogP contribution in [0.15, 0.2) is 117 Å². The van der Waals surface area contributed by atoms with Crippen LogP contribution in [0.1, 0.15) is 147 Å². The minimum absolute atomic E-state index is 0.0778. The maximum atomic E-state index is 13.6. The van der Waals surface area contributed by atoms with Crippen molar-refractivity contribution < 1.29 is 66.5 Å². The van der Waals surface area contributed by atoms with Gasteiger partial charge < -0.3 is 62.7 Å². The van der Waals surface area contributed by atoms with Crippen LogP contribution in [0, 0.1) is 16.7 Å². The number of nitrogens with one attached hydrogen (secondary N) is 2. The summed E-state index contributed by atoms with van der Waals surface area (Å²) in [4.78, 5) is 39.8. The molecule has 0 spiro atoms. The molecule has 0 aromatic heterocycles. The van der Waals surface area contributed by atoms with Crippen LogP contribution in [0.4, 0.5) is 0 Å². The fourth-order valence-electron chi connectivity index (χ4n) is 10.1. The summed E-state index contributed by atoms with van der Waals surface area (Å²) in [6.07, 6.45) is 34.1. The van der Waals surface area contributed by atoms with E-state index >= 15 is 0 Å². The first-order chi connectivity index (χ1) is 42.4. The van der Waals surface area contributed by atoms with Gasteiger partial charge in [-0.15, -0.1) is 0 Å². The molecule has 16 heteroatoms. The second kappa shape index (κ2) is 51.2. The lowest BCUT2D eigenvalue weighted by molar-refractivity contribution is -0.128. The zero-order chi connectivity index (χ0) is 64.4. The summed E-state index contributed by atoms with van der Waals surface area (Å²) >= 11 is 0. The van der Waals surface area contributed by atoms with E-state index in [0.717, 1.165) is 48.2 Å². The van der Waals surface area contributed by atoms with Crippen LogP contribution in [0.3, 0.4) is 0 Å². The monoisotopic (exact) mass is 1230 g/mol. The number of ether oxygens (including phenoxy) is 11. The molecular formula is C72H118N2O14. The highest BCUT2D eigenvalue weighted by molar-refractivity contribution is 5.94. The molecule has 2 N–H and O–H groups in total. The number of unbranched alkanes of at least 4 members (excludes halogenated alkanes) is 1. The van der Waals surface area contributed by atoms with Gasteiger partial charge in [0.15, 0.2) is 5.78 Å². The molecule has 0 saturated heterocycles. The van der Waals surface area contributed by atoms with E-state index in [1.165, 1.54) is 48.0 Å². The van der Waals surface area contributed by atoms with Crippen LogP contribution in [-0.4, -0.2) is 176 Å². The van der Waals surface area contributed by atoms with E-state index in [2.05, 4.69) is 103 Å². The van der Waals surface area contributed by atoms with Crippen molar-refractivity contribution in [1.29, 1.82) is 0 Å². The van der Waals surface area contributed by atoms with E-state index in [4.69, 9.17) is 52.1 Å². The van der Waals surface area contributed by atoms with Crippen LogP contribution in [-0.2, 0) is 66.5 Å². The van der Waals surface area contributed by atoms with Gasteiger partial charge in [0, 0.05) is 38.1 Å². The van der Waals surface area contributed by atoms with Crippen molar-refractivity contribution in [2.24, 2.45) is 16.7 Å². The van der Waals surface area contributed by atoms with Crippen LogP contribution >= 0.6 is 0 Å². The Hall–Kier alpha value is -4.43. The first-order valence-corrected chi connectivity index (χ1v) is 32.7. The molecule has 0 aromatic rings. The molecule has 2 aliphatic rings. The number of hydrogen-bond donors (Lipinski definition) is 2. The second-order valence-electron chi connectivity index (χ2n) is 24.0. The van der Waals surface area contributed by atoms with Crippen molar-refractivity contribution in [1.82, 2.24) is 10.6 Å². The maximum absolute atomic E-state index is 13.6. The number of ketones is 1. The molecule has 0 saturated carbocycles. The van der Waals surface area contributed by atoms with E-state index in [1.54, 1.807) is 12.2 Å². The summed E-state index contributed by atoms with van der Waals surface area (Å²) in [5.41, 5.74) is 10.1. The lowest BCUT2D eigenvalue weighted by atomic mass is 9.72. The number of rotatable bonds is 53. The molecule has 0 radical (unpaired) electrons. The predicted molar refractivity (Wildman–Crippen MR) is 355 cm³/mol. The Morgan fingerprint density at radius 1 is 0.455 bits per heavy atom. The number of hydrogen-bond acceptors (Lipinski definition) is 14. The van der Waals surface area contributed by atoms with Gasteiger partial charge in [-0.3, -0.25) is 14.4 Å². The minimum Gasteiger partial charge on any atom is -0.379 e. The smallest absolute Gasteiger partial charge is 0.244 e. The van der Waals surface area contributed by atoms with Crippen LogP contribution in [0.5, 0.6) is 0 Å². The Balaban J connectivity index is 1.65. The third kappa shape index (κ3) is 41.8. The Labute approximate surface area is 532 Å². The average molecular weight is 1240 g/mol. The molecule has 1 atom stereocenters. The average Bonchev–Trinajstić information content (AvgIpc) is 2.84. The third-order valence-electron chi connectivity index (χ3n) is 15.0. The maximum Gasteiger partial charge on any atom is 0.244 e. The lowest BCUT2D eigenvalue weighted by Crippen LogP contribution is -2.34. The first kappa shape index (κ1) is 79.7. The third-order valence-corrected chi connectivity index (χ3v) is 15.0. The molecule has 16 nitrogen and oxygen atoms in total.